The van der Waals surface area contributed by atoms with Crippen LogP contribution in [0.4, 0.5) is 5.82 Å². The Morgan fingerprint density at radius 3 is 3.00 bits per heavy atom. The first kappa shape index (κ1) is 20.1. The number of carbonyl (C=O) groups excluding carboxylic acids is 1. The zero-order valence-electron chi connectivity index (χ0n) is 17.5. The van der Waals surface area contributed by atoms with Crippen molar-refractivity contribution in [1.29, 1.82) is 0 Å². The second-order valence-corrected chi connectivity index (χ2v) is 7.73. The molecule has 0 radical (unpaired) electrons. The maximum absolute atomic E-state index is 12.8. The number of piperidine rings is 1. The number of hydrogen-bond acceptors (Lipinski definition) is 6. The molecule has 7 heteroatoms. The first-order valence-corrected chi connectivity index (χ1v) is 10.5. The van der Waals surface area contributed by atoms with Crippen molar-refractivity contribution in [3.8, 4) is 11.4 Å². The smallest absolute Gasteiger partial charge is 0.226 e. The van der Waals surface area contributed by atoms with Crippen molar-refractivity contribution in [2.75, 3.05) is 18.0 Å². The minimum atomic E-state index is -0.0742. The van der Waals surface area contributed by atoms with E-state index in [1.165, 1.54) is 5.56 Å². The predicted molar refractivity (Wildman–Crippen MR) is 115 cm³/mol. The first-order chi connectivity index (χ1) is 14.6. The van der Waals surface area contributed by atoms with Crippen LogP contribution in [0.2, 0.25) is 0 Å². The molecule has 1 aromatic carbocycles. The minimum absolute atomic E-state index is 0.0742. The van der Waals surface area contributed by atoms with Gasteiger partial charge >= 0.3 is 0 Å². The van der Waals surface area contributed by atoms with Crippen molar-refractivity contribution in [3.05, 3.63) is 59.6 Å². The molecule has 1 unspecified atom stereocenters. The summed E-state index contributed by atoms with van der Waals surface area (Å²) < 4.78 is 5.28. The average Bonchev–Trinajstić information content (AvgIpc) is 3.27. The van der Waals surface area contributed by atoms with Crippen molar-refractivity contribution in [1.82, 2.24) is 20.4 Å². The molecule has 0 bridgehead atoms. The lowest BCUT2D eigenvalue weighted by molar-refractivity contribution is -0.125. The Morgan fingerprint density at radius 1 is 1.30 bits per heavy atom. The highest BCUT2D eigenvalue weighted by molar-refractivity contribution is 5.80. The third-order valence-electron chi connectivity index (χ3n) is 5.44. The van der Waals surface area contributed by atoms with Gasteiger partial charge in [0.2, 0.25) is 17.6 Å². The van der Waals surface area contributed by atoms with Gasteiger partial charge in [-0.3, -0.25) is 4.79 Å². The van der Waals surface area contributed by atoms with Gasteiger partial charge in [-0.15, -0.1) is 0 Å². The number of hydrogen-bond donors (Lipinski definition) is 1. The molecule has 7 nitrogen and oxygen atoms in total. The van der Waals surface area contributed by atoms with E-state index in [9.17, 15) is 4.79 Å². The number of nitrogens with zero attached hydrogens (tertiary/aromatic N) is 4. The Balaban J connectivity index is 1.46. The Kier molecular flexibility index (Phi) is 6.07. The van der Waals surface area contributed by atoms with Gasteiger partial charge in [-0.05, 0) is 37.5 Å². The Bertz CT molecular complexity index is 1020. The maximum Gasteiger partial charge on any atom is 0.226 e. The van der Waals surface area contributed by atoms with Gasteiger partial charge in [0.25, 0.3) is 0 Å². The fourth-order valence-electron chi connectivity index (χ4n) is 3.87. The molecule has 1 saturated heterocycles. The number of aromatic nitrogens is 3. The van der Waals surface area contributed by atoms with Crippen LogP contribution in [0.25, 0.3) is 11.4 Å². The van der Waals surface area contributed by atoms with E-state index in [0.29, 0.717) is 31.2 Å². The van der Waals surface area contributed by atoms with Crippen molar-refractivity contribution >= 4 is 11.7 Å². The fraction of sp³-hybridized carbons (Fsp3) is 0.391. The zero-order chi connectivity index (χ0) is 20.9. The summed E-state index contributed by atoms with van der Waals surface area (Å²) in [5.74, 6) is 1.96. The van der Waals surface area contributed by atoms with Crippen LogP contribution in [0, 0.1) is 12.8 Å². The molecule has 0 aliphatic carbocycles. The van der Waals surface area contributed by atoms with Crippen LogP contribution in [-0.4, -0.2) is 34.1 Å². The molecular formula is C23H27N5O2. The molecule has 4 rings (SSSR count). The third-order valence-corrected chi connectivity index (χ3v) is 5.44. The lowest BCUT2D eigenvalue weighted by Gasteiger charge is -2.33. The van der Waals surface area contributed by atoms with E-state index in [1.54, 1.807) is 6.20 Å². The highest BCUT2D eigenvalue weighted by Crippen LogP contribution is 2.30. The number of aryl methyl sites for hydroxylation is 2. The van der Waals surface area contributed by atoms with Gasteiger partial charge in [0.15, 0.2) is 0 Å². The molecule has 1 fully saturated rings. The average molecular weight is 406 g/mol. The van der Waals surface area contributed by atoms with Crippen molar-refractivity contribution < 1.29 is 9.32 Å². The van der Waals surface area contributed by atoms with Crippen LogP contribution in [0.5, 0.6) is 0 Å². The van der Waals surface area contributed by atoms with E-state index in [4.69, 9.17) is 4.52 Å². The van der Waals surface area contributed by atoms with Crippen LogP contribution in [-0.2, 0) is 17.8 Å². The maximum atomic E-state index is 12.8. The minimum Gasteiger partial charge on any atom is -0.355 e. The van der Waals surface area contributed by atoms with Gasteiger partial charge in [-0.2, -0.15) is 4.98 Å². The second kappa shape index (κ2) is 9.07. The number of anilines is 1. The molecule has 1 aliphatic heterocycles. The zero-order valence-corrected chi connectivity index (χ0v) is 17.5. The number of carbonyl (C=O) groups is 1. The van der Waals surface area contributed by atoms with Crippen LogP contribution in [0.1, 0.15) is 36.8 Å². The summed E-state index contributed by atoms with van der Waals surface area (Å²) in [6, 6.07) is 12.0. The molecule has 1 atom stereocenters. The molecule has 2 aromatic heterocycles. The molecule has 1 amide bonds. The summed E-state index contributed by atoms with van der Waals surface area (Å²) in [5, 5.41) is 7.20. The molecule has 3 heterocycles. The van der Waals surface area contributed by atoms with Crippen LogP contribution < -0.4 is 10.2 Å². The van der Waals surface area contributed by atoms with Gasteiger partial charge < -0.3 is 14.7 Å². The number of pyridine rings is 1. The van der Waals surface area contributed by atoms with E-state index < -0.39 is 0 Å². The first-order valence-electron chi connectivity index (χ1n) is 10.5. The molecular weight excluding hydrogens is 378 g/mol. The standard InChI is InChI=1S/C23H27N5O2/c1-3-20-26-21(27-30-20)19-10-5-11-24-22(19)28-12-6-9-18(15-28)23(29)25-14-17-8-4-7-16(2)13-17/h4-5,7-8,10-11,13,18H,3,6,9,12,14-15H2,1-2H3,(H,25,29). The summed E-state index contributed by atoms with van der Waals surface area (Å²) in [6.07, 6.45) is 4.27. The second-order valence-electron chi connectivity index (χ2n) is 7.73. The van der Waals surface area contributed by atoms with E-state index in [0.717, 1.165) is 36.3 Å². The van der Waals surface area contributed by atoms with Gasteiger partial charge in [0.1, 0.15) is 5.82 Å². The number of benzene rings is 1. The lowest BCUT2D eigenvalue weighted by Crippen LogP contribution is -2.43. The third kappa shape index (κ3) is 4.50. The van der Waals surface area contributed by atoms with Crippen LogP contribution in [0.3, 0.4) is 0 Å². The van der Waals surface area contributed by atoms with Crippen molar-refractivity contribution in [3.63, 3.8) is 0 Å². The van der Waals surface area contributed by atoms with Gasteiger partial charge in [-0.1, -0.05) is 41.9 Å². The summed E-state index contributed by atoms with van der Waals surface area (Å²) in [4.78, 5) is 24.0. The number of amides is 1. The number of rotatable bonds is 6. The molecule has 0 spiro atoms. The highest BCUT2D eigenvalue weighted by atomic mass is 16.5. The van der Waals surface area contributed by atoms with E-state index in [-0.39, 0.29) is 11.8 Å². The number of nitrogens with one attached hydrogen (secondary N) is 1. The quantitative estimate of drug-likeness (QED) is 0.675. The fourth-order valence-corrected chi connectivity index (χ4v) is 3.87. The SMILES string of the molecule is CCc1nc(-c2cccnc2N2CCCC(C(=O)NCc3cccc(C)c3)C2)no1. The van der Waals surface area contributed by atoms with Gasteiger partial charge in [-0.25, -0.2) is 4.98 Å². The largest absolute Gasteiger partial charge is 0.355 e. The summed E-state index contributed by atoms with van der Waals surface area (Å²) in [7, 11) is 0. The van der Waals surface area contributed by atoms with E-state index in [1.807, 2.05) is 31.2 Å². The highest BCUT2D eigenvalue weighted by Gasteiger charge is 2.28. The summed E-state index contributed by atoms with van der Waals surface area (Å²) in [5.41, 5.74) is 3.15. The lowest BCUT2D eigenvalue weighted by atomic mass is 9.96. The van der Waals surface area contributed by atoms with Crippen molar-refractivity contribution in [2.24, 2.45) is 5.92 Å². The van der Waals surface area contributed by atoms with Gasteiger partial charge in [0.05, 0.1) is 11.5 Å². The molecule has 3 aromatic rings. The summed E-state index contributed by atoms with van der Waals surface area (Å²) >= 11 is 0. The molecule has 156 valence electrons. The normalized spacial score (nSPS) is 16.5. The Hall–Kier alpha value is -3.22. The van der Waals surface area contributed by atoms with Crippen LogP contribution >= 0.6 is 0 Å². The molecule has 1 aliphatic rings. The van der Waals surface area contributed by atoms with E-state index >= 15 is 0 Å². The molecule has 1 N–H and O–H groups in total. The van der Waals surface area contributed by atoms with E-state index in [2.05, 4.69) is 44.4 Å². The Morgan fingerprint density at radius 2 is 2.20 bits per heavy atom. The predicted octanol–water partition coefficient (Wildman–Crippen LogP) is 3.54. The van der Waals surface area contributed by atoms with Crippen LogP contribution in [0.15, 0.2) is 47.1 Å². The molecule has 30 heavy (non-hydrogen) atoms. The summed E-state index contributed by atoms with van der Waals surface area (Å²) in [6.45, 7) is 6.06. The van der Waals surface area contributed by atoms with Crippen molar-refractivity contribution in [2.45, 2.75) is 39.7 Å². The monoisotopic (exact) mass is 405 g/mol. The topological polar surface area (TPSA) is 84.2 Å². The Labute approximate surface area is 176 Å². The molecule has 0 saturated carbocycles. The van der Waals surface area contributed by atoms with Gasteiger partial charge in [0, 0.05) is 32.3 Å².